The molecule has 1 aromatic rings. The number of rotatable bonds is 3. The highest BCUT2D eigenvalue weighted by molar-refractivity contribution is 5.97. The zero-order valence-electron chi connectivity index (χ0n) is 10.5. The number of nitrogens with one attached hydrogen (secondary N) is 1. The zero-order valence-corrected chi connectivity index (χ0v) is 10.5. The average Bonchev–Trinajstić information content (AvgIpc) is 2.62. The van der Waals surface area contributed by atoms with Crippen LogP contribution >= 0.6 is 0 Å². The molecule has 2 rings (SSSR count). The van der Waals surface area contributed by atoms with Crippen molar-refractivity contribution in [2.45, 2.75) is 6.42 Å². The van der Waals surface area contributed by atoms with Gasteiger partial charge in [0.15, 0.2) is 0 Å². The number of benzene rings is 1. The number of anilines is 1. The van der Waals surface area contributed by atoms with Crippen LogP contribution in [0.3, 0.4) is 0 Å². The van der Waals surface area contributed by atoms with E-state index in [-0.39, 0.29) is 35.8 Å². The molecule has 1 fully saturated rings. The van der Waals surface area contributed by atoms with Gasteiger partial charge in [-0.3, -0.25) is 14.9 Å². The minimum absolute atomic E-state index is 0.0569. The van der Waals surface area contributed by atoms with Crippen LogP contribution in [-0.2, 0) is 4.79 Å². The van der Waals surface area contributed by atoms with Gasteiger partial charge >= 0.3 is 5.97 Å². The number of carboxylic acids is 1. The van der Waals surface area contributed by atoms with Gasteiger partial charge in [0.1, 0.15) is 5.69 Å². The number of carbonyl (C=O) groups excluding carboxylic acids is 1. The highest BCUT2D eigenvalue weighted by Gasteiger charge is 2.27. The Kier molecular flexibility index (Phi) is 3.83. The summed E-state index contributed by atoms with van der Waals surface area (Å²) in [5, 5.41) is 22.9. The molecule has 1 saturated heterocycles. The molecule has 0 aliphatic carbocycles. The molecule has 1 aliphatic rings. The number of hydrogen-bond acceptors (Lipinski definition) is 5. The van der Waals surface area contributed by atoms with Gasteiger partial charge in [-0.2, -0.15) is 0 Å². The number of nitrogens with zero attached hydrogens (tertiary/aromatic N) is 2. The van der Waals surface area contributed by atoms with Crippen LogP contribution in [-0.4, -0.2) is 41.5 Å². The van der Waals surface area contributed by atoms with Crippen molar-refractivity contribution in [2.75, 3.05) is 24.5 Å². The van der Waals surface area contributed by atoms with E-state index in [1.165, 1.54) is 18.2 Å². The number of nitro groups is 1. The van der Waals surface area contributed by atoms with Crippen LogP contribution in [0.4, 0.5) is 11.4 Å². The Hall–Kier alpha value is -2.64. The second-order valence-corrected chi connectivity index (χ2v) is 4.32. The van der Waals surface area contributed by atoms with Crippen molar-refractivity contribution >= 4 is 23.3 Å². The Morgan fingerprint density at radius 3 is 2.80 bits per heavy atom. The fourth-order valence-corrected chi connectivity index (χ4v) is 2.17. The first kappa shape index (κ1) is 13.8. The molecule has 0 spiro atoms. The maximum Gasteiger partial charge on any atom is 0.338 e. The topological polar surface area (TPSA) is 113 Å². The summed E-state index contributed by atoms with van der Waals surface area (Å²) in [6.07, 6.45) is 0.172. The molecule has 1 amide bonds. The summed E-state index contributed by atoms with van der Waals surface area (Å²) in [6.45, 7) is 0.901. The molecule has 0 saturated carbocycles. The lowest BCUT2D eigenvalue weighted by Crippen LogP contribution is -2.30. The molecule has 2 N–H and O–H groups in total. The molecule has 0 unspecified atom stereocenters. The molecule has 0 radical (unpaired) electrons. The molecule has 0 aromatic heterocycles. The summed E-state index contributed by atoms with van der Waals surface area (Å²) >= 11 is 0. The number of nitro benzene ring substituents is 1. The van der Waals surface area contributed by atoms with Gasteiger partial charge < -0.3 is 15.3 Å². The molecule has 106 valence electrons. The lowest BCUT2D eigenvalue weighted by atomic mass is 10.1. The van der Waals surface area contributed by atoms with Crippen LogP contribution in [0.1, 0.15) is 16.8 Å². The predicted octanol–water partition coefficient (Wildman–Crippen LogP) is 0.619. The van der Waals surface area contributed by atoms with Crippen molar-refractivity contribution in [2.24, 2.45) is 0 Å². The summed E-state index contributed by atoms with van der Waals surface area (Å²) in [5.41, 5.74) is -0.339. The molecule has 1 aromatic carbocycles. The largest absolute Gasteiger partial charge is 0.478 e. The van der Waals surface area contributed by atoms with E-state index in [1.807, 2.05) is 0 Å². The first-order valence-electron chi connectivity index (χ1n) is 6.03. The van der Waals surface area contributed by atoms with Crippen LogP contribution in [0.5, 0.6) is 0 Å². The zero-order chi connectivity index (χ0) is 14.7. The standard InChI is InChI=1S/C12H13N3O5/c16-10-4-6-14(7-5-13-10)11-8(12(17)18)2-1-3-9(11)15(19)20/h1-3H,4-7H2,(H,13,16)(H,17,18). The smallest absolute Gasteiger partial charge is 0.338 e. The van der Waals surface area contributed by atoms with E-state index in [4.69, 9.17) is 0 Å². The van der Waals surface area contributed by atoms with Gasteiger partial charge in [-0.1, -0.05) is 6.07 Å². The second-order valence-electron chi connectivity index (χ2n) is 4.32. The van der Waals surface area contributed by atoms with E-state index in [0.717, 1.165) is 0 Å². The lowest BCUT2D eigenvalue weighted by molar-refractivity contribution is -0.384. The molecule has 0 bridgehead atoms. The SMILES string of the molecule is O=C1CCN(c2c(C(=O)O)cccc2[N+](=O)[O-])CCN1. The van der Waals surface area contributed by atoms with E-state index < -0.39 is 10.9 Å². The molecule has 1 heterocycles. The third-order valence-corrected chi connectivity index (χ3v) is 3.07. The number of para-hydroxylation sites is 1. The quantitative estimate of drug-likeness (QED) is 0.619. The number of carbonyl (C=O) groups is 2. The Balaban J connectivity index is 2.49. The molecule has 8 nitrogen and oxygen atoms in total. The molecule has 0 atom stereocenters. The Labute approximate surface area is 114 Å². The van der Waals surface area contributed by atoms with Crippen molar-refractivity contribution in [3.8, 4) is 0 Å². The molecule has 1 aliphatic heterocycles. The number of amides is 1. The fraction of sp³-hybridized carbons (Fsp3) is 0.333. The van der Waals surface area contributed by atoms with Crippen molar-refractivity contribution in [1.29, 1.82) is 0 Å². The van der Waals surface area contributed by atoms with Crippen molar-refractivity contribution < 1.29 is 19.6 Å². The number of hydrogen-bond donors (Lipinski definition) is 2. The Morgan fingerprint density at radius 2 is 2.15 bits per heavy atom. The van der Waals surface area contributed by atoms with Crippen molar-refractivity contribution in [1.82, 2.24) is 5.32 Å². The number of aromatic carboxylic acids is 1. The van der Waals surface area contributed by atoms with Crippen LogP contribution in [0.15, 0.2) is 18.2 Å². The number of carboxylic acid groups (broad SMARTS) is 1. The average molecular weight is 279 g/mol. The Morgan fingerprint density at radius 1 is 1.40 bits per heavy atom. The highest BCUT2D eigenvalue weighted by Crippen LogP contribution is 2.32. The van der Waals surface area contributed by atoms with E-state index in [9.17, 15) is 24.8 Å². The van der Waals surface area contributed by atoms with Crippen LogP contribution in [0.2, 0.25) is 0 Å². The second kappa shape index (κ2) is 5.55. The minimum atomic E-state index is -1.23. The van der Waals surface area contributed by atoms with Gasteiger partial charge in [0.25, 0.3) is 5.69 Å². The summed E-state index contributed by atoms with van der Waals surface area (Å²) in [5.74, 6) is -1.38. The van der Waals surface area contributed by atoms with Crippen LogP contribution in [0, 0.1) is 10.1 Å². The summed E-state index contributed by atoms with van der Waals surface area (Å²) in [7, 11) is 0. The molecule has 8 heteroatoms. The normalized spacial score (nSPS) is 15.4. The van der Waals surface area contributed by atoms with Gasteiger partial charge in [-0.15, -0.1) is 0 Å². The van der Waals surface area contributed by atoms with Crippen LogP contribution in [0.25, 0.3) is 0 Å². The van der Waals surface area contributed by atoms with Gasteiger partial charge in [-0.05, 0) is 6.07 Å². The van der Waals surface area contributed by atoms with Gasteiger partial charge in [-0.25, -0.2) is 4.79 Å². The molecular weight excluding hydrogens is 266 g/mol. The summed E-state index contributed by atoms with van der Waals surface area (Å²) in [4.78, 5) is 34.6. The maximum atomic E-state index is 11.3. The van der Waals surface area contributed by atoms with E-state index in [1.54, 1.807) is 4.90 Å². The monoisotopic (exact) mass is 279 g/mol. The van der Waals surface area contributed by atoms with E-state index in [2.05, 4.69) is 5.32 Å². The highest BCUT2D eigenvalue weighted by atomic mass is 16.6. The first-order valence-corrected chi connectivity index (χ1v) is 6.03. The predicted molar refractivity (Wildman–Crippen MR) is 69.9 cm³/mol. The third-order valence-electron chi connectivity index (χ3n) is 3.07. The minimum Gasteiger partial charge on any atom is -0.478 e. The van der Waals surface area contributed by atoms with Crippen molar-refractivity contribution in [3.05, 3.63) is 33.9 Å². The van der Waals surface area contributed by atoms with Gasteiger partial charge in [0.05, 0.1) is 10.5 Å². The Bertz CT molecular complexity index is 540. The van der Waals surface area contributed by atoms with E-state index >= 15 is 0 Å². The summed E-state index contributed by atoms with van der Waals surface area (Å²) in [6, 6.07) is 3.93. The maximum absolute atomic E-state index is 11.3. The fourth-order valence-electron chi connectivity index (χ4n) is 2.17. The third kappa shape index (κ3) is 2.68. The van der Waals surface area contributed by atoms with Crippen LogP contribution < -0.4 is 10.2 Å². The van der Waals surface area contributed by atoms with Gasteiger partial charge in [0, 0.05) is 32.1 Å². The molecular formula is C12H13N3O5. The molecule has 20 heavy (non-hydrogen) atoms. The lowest BCUT2D eigenvalue weighted by Gasteiger charge is -2.23. The summed E-state index contributed by atoms with van der Waals surface area (Å²) < 4.78 is 0. The van der Waals surface area contributed by atoms with Crippen molar-refractivity contribution in [3.63, 3.8) is 0 Å². The first-order chi connectivity index (χ1) is 9.50. The van der Waals surface area contributed by atoms with Gasteiger partial charge in [0.2, 0.25) is 5.91 Å². The van der Waals surface area contributed by atoms with E-state index in [0.29, 0.717) is 13.1 Å².